The minimum Gasteiger partial charge on any atom is -0.353 e. The van der Waals surface area contributed by atoms with Crippen molar-refractivity contribution in [3.8, 4) is 0 Å². The summed E-state index contributed by atoms with van der Waals surface area (Å²) in [4.78, 5) is 13.4. The number of aryl methyl sites for hydroxylation is 1. The van der Waals surface area contributed by atoms with E-state index in [0.29, 0.717) is 6.61 Å². The third kappa shape index (κ3) is 1.81. The second-order valence-electron chi connectivity index (χ2n) is 3.89. The lowest BCUT2D eigenvalue weighted by molar-refractivity contribution is -0.119. The fourth-order valence-corrected chi connectivity index (χ4v) is 2.17. The molecule has 0 fully saturated rings. The molecule has 1 heterocycles. The lowest BCUT2D eigenvalue weighted by Crippen LogP contribution is -2.44. The molecule has 1 aromatic carbocycles. The molecule has 0 bridgehead atoms. The molecule has 4 heteroatoms. The molecule has 0 saturated heterocycles. The summed E-state index contributed by atoms with van der Waals surface area (Å²) in [6.45, 7) is 4.40. The Labute approximate surface area is 100.0 Å². The average molecular weight is 240 g/mol. The number of carbonyl (C=O) groups is 1. The van der Waals surface area contributed by atoms with Crippen LogP contribution in [-0.4, -0.2) is 18.0 Å². The number of benzene rings is 1. The Balaban J connectivity index is 2.51. The van der Waals surface area contributed by atoms with Crippen LogP contribution in [0.4, 0.5) is 5.69 Å². The summed E-state index contributed by atoms with van der Waals surface area (Å²) in [5, 5.41) is 0. The molecule has 1 unspecified atom stereocenters. The summed E-state index contributed by atoms with van der Waals surface area (Å²) in [5.41, 5.74) is 3.06. The molecule has 1 aliphatic rings. The van der Waals surface area contributed by atoms with Gasteiger partial charge in [-0.3, -0.25) is 9.69 Å². The summed E-state index contributed by atoms with van der Waals surface area (Å²) < 4.78 is 5.54. The molecule has 1 aliphatic heterocycles. The minimum atomic E-state index is -0.250. The van der Waals surface area contributed by atoms with E-state index >= 15 is 0 Å². The average Bonchev–Trinajstić information content (AvgIpc) is 2.29. The lowest BCUT2D eigenvalue weighted by atomic mass is 10.1. The third-order valence-corrected chi connectivity index (χ3v) is 3.02. The van der Waals surface area contributed by atoms with Crippen LogP contribution >= 0.6 is 11.6 Å². The molecule has 0 aliphatic carbocycles. The highest BCUT2D eigenvalue weighted by atomic mass is 35.5. The van der Waals surface area contributed by atoms with Gasteiger partial charge in [-0.2, -0.15) is 0 Å². The first-order valence-corrected chi connectivity index (χ1v) is 5.76. The Morgan fingerprint density at radius 3 is 3.06 bits per heavy atom. The van der Waals surface area contributed by atoms with E-state index in [1.807, 2.05) is 32.0 Å². The molecule has 1 aromatic rings. The topological polar surface area (TPSA) is 29.5 Å². The summed E-state index contributed by atoms with van der Waals surface area (Å²) in [7, 11) is 0. The molecule has 0 N–H and O–H groups in total. The van der Waals surface area contributed by atoms with Crippen LogP contribution in [-0.2, 0) is 16.1 Å². The number of hydrogen-bond donors (Lipinski definition) is 0. The SMILES string of the molecule is Cc1cccc2c1N(C(=O)CCl)C(C)OC2. The van der Waals surface area contributed by atoms with Crippen molar-refractivity contribution < 1.29 is 9.53 Å². The smallest absolute Gasteiger partial charge is 0.244 e. The molecule has 86 valence electrons. The third-order valence-electron chi connectivity index (χ3n) is 2.79. The number of para-hydroxylation sites is 1. The Morgan fingerprint density at radius 1 is 1.62 bits per heavy atom. The number of halogens is 1. The van der Waals surface area contributed by atoms with Gasteiger partial charge < -0.3 is 4.74 Å². The summed E-state index contributed by atoms with van der Waals surface area (Å²) in [6, 6.07) is 5.94. The molecular weight excluding hydrogens is 226 g/mol. The van der Waals surface area contributed by atoms with Gasteiger partial charge in [-0.15, -0.1) is 11.6 Å². The Hall–Kier alpha value is -1.06. The number of fused-ring (bicyclic) bond motifs is 1. The van der Waals surface area contributed by atoms with E-state index in [0.717, 1.165) is 16.8 Å². The molecule has 1 amide bonds. The highest BCUT2D eigenvalue weighted by molar-refractivity contribution is 6.29. The van der Waals surface area contributed by atoms with Gasteiger partial charge in [0.25, 0.3) is 0 Å². The van der Waals surface area contributed by atoms with Crippen LogP contribution in [0.5, 0.6) is 0 Å². The van der Waals surface area contributed by atoms with Crippen LogP contribution in [0.3, 0.4) is 0 Å². The van der Waals surface area contributed by atoms with E-state index in [2.05, 4.69) is 0 Å². The fourth-order valence-electron chi connectivity index (χ4n) is 2.04. The molecule has 0 radical (unpaired) electrons. The van der Waals surface area contributed by atoms with E-state index in [-0.39, 0.29) is 18.0 Å². The van der Waals surface area contributed by atoms with Gasteiger partial charge in [0.1, 0.15) is 12.1 Å². The molecule has 2 rings (SSSR count). The number of carbonyl (C=O) groups excluding carboxylic acids is 1. The zero-order chi connectivity index (χ0) is 11.7. The molecule has 16 heavy (non-hydrogen) atoms. The maximum atomic E-state index is 11.8. The van der Waals surface area contributed by atoms with Crippen molar-refractivity contribution in [2.75, 3.05) is 10.8 Å². The van der Waals surface area contributed by atoms with Crippen molar-refractivity contribution in [3.63, 3.8) is 0 Å². The first kappa shape index (κ1) is 11.4. The van der Waals surface area contributed by atoms with Gasteiger partial charge in [0.05, 0.1) is 12.3 Å². The minimum absolute atomic E-state index is 0.0263. The molecular formula is C12H14ClNO2. The zero-order valence-corrected chi connectivity index (χ0v) is 10.1. The maximum absolute atomic E-state index is 11.8. The van der Waals surface area contributed by atoms with Crippen molar-refractivity contribution in [1.82, 2.24) is 0 Å². The number of alkyl halides is 1. The van der Waals surface area contributed by atoms with Crippen molar-refractivity contribution >= 4 is 23.2 Å². The lowest BCUT2D eigenvalue weighted by Gasteiger charge is -2.35. The fraction of sp³-hybridized carbons (Fsp3) is 0.417. The van der Waals surface area contributed by atoms with Gasteiger partial charge in [0.15, 0.2) is 0 Å². The van der Waals surface area contributed by atoms with Gasteiger partial charge in [0.2, 0.25) is 5.91 Å². The van der Waals surface area contributed by atoms with E-state index in [4.69, 9.17) is 16.3 Å². The van der Waals surface area contributed by atoms with Crippen LogP contribution in [0.2, 0.25) is 0 Å². The number of nitrogens with zero attached hydrogens (tertiary/aromatic N) is 1. The van der Waals surface area contributed by atoms with E-state index in [9.17, 15) is 4.79 Å². The number of ether oxygens (including phenoxy) is 1. The molecule has 0 saturated carbocycles. The quantitative estimate of drug-likeness (QED) is 0.705. The van der Waals surface area contributed by atoms with E-state index in [1.165, 1.54) is 0 Å². The second kappa shape index (κ2) is 4.44. The first-order valence-electron chi connectivity index (χ1n) is 5.23. The molecule has 3 nitrogen and oxygen atoms in total. The van der Waals surface area contributed by atoms with E-state index in [1.54, 1.807) is 4.90 Å². The number of anilines is 1. The van der Waals surface area contributed by atoms with Gasteiger partial charge in [-0.1, -0.05) is 18.2 Å². The van der Waals surface area contributed by atoms with Crippen LogP contribution in [0.1, 0.15) is 18.1 Å². The summed E-state index contributed by atoms with van der Waals surface area (Å²) in [6.07, 6.45) is -0.250. The Bertz CT molecular complexity index is 419. The number of amides is 1. The van der Waals surface area contributed by atoms with Gasteiger partial charge in [-0.25, -0.2) is 0 Å². The second-order valence-corrected chi connectivity index (χ2v) is 4.16. The predicted octanol–water partition coefficient (Wildman–Crippen LogP) is 2.44. The number of hydrogen-bond acceptors (Lipinski definition) is 2. The maximum Gasteiger partial charge on any atom is 0.244 e. The standard InChI is InChI=1S/C12H14ClNO2/c1-8-4-3-5-10-7-16-9(2)14(12(8)10)11(15)6-13/h3-5,9H,6-7H2,1-2H3. The summed E-state index contributed by atoms with van der Waals surface area (Å²) in [5.74, 6) is -0.147. The zero-order valence-electron chi connectivity index (χ0n) is 9.37. The molecule has 0 spiro atoms. The normalized spacial score (nSPS) is 19.4. The van der Waals surface area contributed by atoms with Crippen molar-refractivity contribution in [2.45, 2.75) is 26.7 Å². The van der Waals surface area contributed by atoms with Crippen molar-refractivity contribution in [2.24, 2.45) is 0 Å². The van der Waals surface area contributed by atoms with Gasteiger partial charge >= 0.3 is 0 Å². The molecule has 0 aromatic heterocycles. The first-order chi connectivity index (χ1) is 7.65. The van der Waals surface area contributed by atoms with Crippen molar-refractivity contribution in [3.05, 3.63) is 29.3 Å². The van der Waals surface area contributed by atoms with E-state index < -0.39 is 0 Å². The summed E-state index contributed by atoms with van der Waals surface area (Å²) >= 11 is 5.62. The van der Waals surface area contributed by atoms with Gasteiger partial charge in [0, 0.05) is 5.56 Å². The highest BCUT2D eigenvalue weighted by Gasteiger charge is 2.29. The van der Waals surface area contributed by atoms with Crippen molar-refractivity contribution in [1.29, 1.82) is 0 Å². The van der Waals surface area contributed by atoms with Crippen LogP contribution in [0.25, 0.3) is 0 Å². The Morgan fingerprint density at radius 2 is 2.38 bits per heavy atom. The highest BCUT2D eigenvalue weighted by Crippen LogP contribution is 2.32. The van der Waals surface area contributed by atoms with Crippen LogP contribution < -0.4 is 4.90 Å². The van der Waals surface area contributed by atoms with Crippen LogP contribution in [0.15, 0.2) is 18.2 Å². The van der Waals surface area contributed by atoms with Crippen LogP contribution in [0, 0.1) is 6.92 Å². The monoisotopic (exact) mass is 239 g/mol. The number of rotatable bonds is 1. The van der Waals surface area contributed by atoms with Gasteiger partial charge in [-0.05, 0) is 19.4 Å². The predicted molar refractivity (Wildman–Crippen MR) is 63.6 cm³/mol. The Kier molecular flexibility index (Phi) is 3.17. The molecule has 1 atom stereocenters. The largest absolute Gasteiger partial charge is 0.353 e.